The lowest BCUT2D eigenvalue weighted by molar-refractivity contribution is 1.24. The lowest BCUT2D eigenvalue weighted by Crippen LogP contribution is -2.07. The minimum atomic E-state index is 0.00651. The van der Waals surface area contributed by atoms with Crippen LogP contribution >= 0.6 is 11.6 Å². The van der Waals surface area contributed by atoms with Crippen LogP contribution in [0.4, 0.5) is 0 Å². The number of benzene rings is 3. The molecular formula is C23H14ClNO. The maximum atomic E-state index is 12.7. The first-order valence-corrected chi connectivity index (χ1v) is 8.82. The molecule has 0 atom stereocenters. The third-order valence-electron chi connectivity index (χ3n) is 4.81. The van der Waals surface area contributed by atoms with E-state index in [-0.39, 0.29) is 5.43 Å². The van der Waals surface area contributed by atoms with E-state index in [9.17, 15) is 4.79 Å². The fraction of sp³-hybridized carbons (Fsp3) is 0. The van der Waals surface area contributed by atoms with Gasteiger partial charge in [-0.3, -0.25) is 4.79 Å². The summed E-state index contributed by atoms with van der Waals surface area (Å²) in [5.41, 5.74) is 3.85. The highest BCUT2D eigenvalue weighted by molar-refractivity contribution is 6.31. The van der Waals surface area contributed by atoms with Gasteiger partial charge in [0, 0.05) is 21.9 Å². The monoisotopic (exact) mass is 355 g/mol. The van der Waals surface area contributed by atoms with Crippen LogP contribution in [0.2, 0.25) is 5.02 Å². The van der Waals surface area contributed by atoms with Gasteiger partial charge in [0.05, 0.1) is 16.7 Å². The molecule has 2 aromatic heterocycles. The van der Waals surface area contributed by atoms with Crippen LogP contribution in [0.15, 0.2) is 89.7 Å². The Morgan fingerprint density at radius 3 is 2.27 bits per heavy atom. The zero-order valence-corrected chi connectivity index (χ0v) is 14.6. The second-order valence-corrected chi connectivity index (χ2v) is 6.81. The van der Waals surface area contributed by atoms with E-state index in [4.69, 9.17) is 11.6 Å². The molecule has 5 aromatic rings. The topological polar surface area (TPSA) is 21.5 Å². The summed E-state index contributed by atoms with van der Waals surface area (Å²) in [6, 6.07) is 27.7. The zero-order valence-electron chi connectivity index (χ0n) is 13.8. The van der Waals surface area contributed by atoms with E-state index in [1.54, 1.807) is 18.2 Å². The van der Waals surface area contributed by atoms with Crippen molar-refractivity contribution < 1.29 is 0 Å². The van der Waals surface area contributed by atoms with Gasteiger partial charge in [-0.25, -0.2) is 0 Å². The Balaban J connectivity index is 2.12. The normalized spacial score (nSPS) is 11.4. The molecule has 0 bridgehead atoms. The molecule has 2 heterocycles. The van der Waals surface area contributed by atoms with E-state index >= 15 is 0 Å². The quantitative estimate of drug-likeness (QED) is 0.342. The molecular weight excluding hydrogens is 342 g/mol. The molecule has 3 heteroatoms. The maximum Gasteiger partial charge on any atom is 0.190 e. The SMILES string of the molecule is O=c1cc2c3ccccc3cc(-c3ccccc3)n2c2cc(Cl)ccc12. The fourth-order valence-electron chi connectivity index (χ4n) is 3.64. The van der Waals surface area contributed by atoms with Crippen LogP contribution in [-0.2, 0) is 0 Å². The van der Waals surface area contributed by atoms with Gasteiger partial charge in [0.15, 0.2) is 5.43 Å². The van der Waals surface area contributed by atoms with Crippen LogP contribution in [0.25, 0.3) is 38.4 Å². The number of halogens is 1. The van der Waals surface area contributed by atoms with Crippen molar-refractivity contribution in [1.82, 2.24) is 4.40 Å². The van der Waals surface area contributed by atoms with Crippen molar-refractivity contribution in [1.29, 1.82) is 0 Å². The molecule has 0 radical (unpaired) electrons. The van der Waals surface area contributed by atoms with Crippen molar-refractivity contribution in [3.05, 3.63) is 100 Å². The molecule has 0 fully saturated rings. The third kappa shape index (κ3) is 2.23. The summed E-state index contributed by atoms with van der Waals surface area (Å²) in [4.78, 5) is 12.7. The van der Waals surface area contributed by atoms with Crippen molar-refractivity contribution >= 4 is 38.8 Å². The molecule has 0 aliphatic rings. The van der Waals surface area contributed by atoms with Gasteiger partial charge < -0.3 is 4.40 Å². The number of rotatable bonds is 1. The molecule has 5 rings (SSSR count). The average molecular weight is 356 g/mol. The van der Waals surface area contributed by atoms with E-state index in [0.717, 1.165) is 33.1 Å². The summed E-state index contributed by atoms with van der Waals surface area (Å²) in [6.07, 6.45) is 0. The standard InChI is InChI=1S/C23H14ClNO/c24-17-10-11-19-21(13-17)25-20(15-6-2-1-3-7-15)12-16-8-4-5-9-18(16)22(25)14-23(19)26/h1-14H. The predicted octanol–water partition coefficient (Wildman–Crippen LogP) is 5.93. The van der Waals surface area contributed by atoms with Gasteiger partial charge in [0.1, 0.15) is 0 Å². The molecule has 0 saturated carbocycles. The predicted molar refractivity (Wildman–Crippen MR) is 109 cm³/mol. The molecule has 26 heavy (non-hydrogen) atoms. The minimum Gasteiger partial charge on any atom is -0.308 e. The lowest BCUT2D eigenvalue weighted by Gasteiger charge is -2.16. The first kappa shape index (κ1) is 15.2. The number of pyridine rings is 2. The summed E-state index contributed by atoms with van der Waals surface area (Å²) < 4.78 is 2.14. The minimum absolute atomic E-state index is 0.00651. The van der Waals surface area contributed by atoms with E-state index < -0.39 is 0 Å². The summed E-state index contributed by atoms with van der Waals surface area (Å²) in [6.45, 7) is 0. The van der Waals surface area contributed by atoms with E-state index in [2.05, 4.69) is 34.7 Å². The van der Waals surface area contributed by atoms with Gasteiger partial charge in [0.25, 0.3) is 0 Å². The smallest absolute Gasteiger partial charge is 0.190 e. The highest BCUT2D eigenvalue weighted by atomic mass is 35.5. The highest BCUT2D eigenvalue weighted by Gasteiger charge is 2.12. The summed E-state index contributed by atoms with van der Waals surface area (Å²) >= 11 is 6.27. The summed E-state index contributed by atoms with van der Waals surface area (Å²) in [5.74, 6) is 0. The van der Waals surface area contributed by atoms with Gasteiger partial charge >= 0.3 is 0 Å². The van der Waals surface area contributed by atoms with E-state index in [0.29, 0.717) is 10.4 Å². The molecule has 0 spiro atoms. The number of hydrogen-bond donors (Lipinski definition) is 0. The average Bonchev–Trinajstić information content (AvgIpc) is 2.68. The third-order valence-corrected chi connectivity index (χ3v) is 5.05. The summed E-state index contributed by atoms with van der Waals surface area (Å²) in [5, 5.41) is 3.43. The number of fused-ring (bicyclic) bond motifs is 5. The van der Waals surface area contributed by atoms with Crippen LogP contribution in [-0.4, -0.2) is 4.40 Å². The number of hydrogen-bond acceptors (Lipinski definition) is 1. The first-order chi connectivity index (χ1) is 12.7. The largest absolute Gasteiger partial charge is 0.308 e. The van der Waals surface area contributed by atoms with Crippen LogP contribution in [0.1, 0.15) is 0 Å². The number of aromatic nitrogens is 1. The second-order valence-electron chi connectivity index (χ2n) is 6.37. The molecule has 0 saturated heterocycles. The van der Waals surface area contributed by atoms with Crippen LogP contribution in [0, 0.1) is 0 Å². The molecule has 0 aliphatic heterocycles. The van der Waals surface area contributed by atoms with Crippen molar-refractivity contribution in [3.63, 3.8) is 0 Å². The van der Waals surface area contributed by atoms with Crippen LogP contribution in [0.5, 0.6) is 0 Å². The van der Waals surface area contributed by atoms with Gasteiger partial charge in [0.2, 0.25) is 0 Å². The van der Waals surface area contributed by atoms with Crippen LogP contribution < -0.4 is 5.43 Å². The lowest BCUT2D eigenvalue weighted by atomic mass is 10.0. The number of nitrogens with zero attached hydrogens (tertiary/aromatic N) is 1. The van der Waals surface area contributed by atoms with Crippen molar-refractivity contribution in [2.24, 2.45) is 0 Å². The van der Waals surface area contributed by atoms with Gasteiger partial charge in [-0.2, -0.15) is 0 Å². The van der Waals surface area contributed by atoms with Crippen LogP contribution in [0.3, 0.4) is 0 Å². The van der Waals surface area contributed by atoms with E-state index in [1.807, 2.05) is 36.4 Å². The first-order valence-electron chi connectivity index (χ1n) is 8.44. The Labute approximate surface area is 154 Å². The maximum absolute atomic E-state index is 12.7. The van der Waals surface area contributed by atoms with Gasteiger partial charge in [-0.15, -0.1) is 0 Å². The van der Waals surface area contributed by atoms with Crippen molar-refractivity contribution in [3.8, 4) is 11.3 Å². The van der Waals surface area contributed by atoms with E-state index in [1.165, 1.54) is 0 Å². The molecule has 0 N–H and O–H groups in total. The molecule has 3 aromatic carbocycles. The highest BCUT2D eigenvalue weighted by Crippen LogP contribution is 2.31. The zero-order chi connectivity index (χ0) is 17.7. The Hall–Kier alpha value is -3.10. The second kappa shape index (κ2) is 5.72. The Morgan fingerprint density at radius 2 is 1.42 bits per heavy atom. The Bertz CT molecular complexity index is 1350. The Morgan fingerprint density at radius 1 is 0.692 bits per heavy atom. The molecule has 0 unspecified atom stereocenters. The fourth-order valence-corrected chi connectivity index (χ4v) is 3.81. The van der Waals surface area contributed by atoms with Gasteiger partial charge in [-0.05, 0) is 35.2 Å². The Kier molecular flexibility index (Phi) is 3.34. The molecule has 2 nitrogen and oxygen atoms in total. The molecule has 0 aliphatic carbocycles. The molecule has 0 amide bonds. The van der Waals surface area contributed by atoms with Gasteiger partial charge in [-0.1, -0.05) is 66.2 Å². The molecule has 124 valence electrons. The van der Waals surface area contributed by atoms with Crippen molar-refractivity contribution in [2.45, 2.75) is 0 Å². The summed E-state index contributed by atoms with van der Waals surface area (Å²) in [7, 11) is 0. The van der Waals surface area contributed by atoms with Crippen molar-refractivity contribution in [2.75, 3.05) is 0 Å².